The van der Waals surface area contributed by atoms with Crippen molar-refractivity contribution in [1.82, 2.24) is 10.9 Å². The van der Waals surface area contributed by atoms with E-state index in [-0.39, 0.29) is 0 Å². The summed E-state index contributed by atoms with van der Waals surface area (Å²) in [6.45, 7) is 5.48. The summed E-state index contributed by atoms with van der Waals surface area (Å²) in [5.41, 5.74) is 7.48. The molecule has 6 nitrogen and oxygen atoms in total. The van der Waals surface area contributed by atoms with Gasteiger partial charge in [-0.25, -0.2) is 0 Å². The highest BCUT2D eigenvalue weighted by atomic mass is 16.5. The van der Waals surface area contributed by atoms with Gasteiger partial charge in [0.2, 0.25) is 0 Å². The first-order chi connectivity index (χ1) is 11.9. The number of amides is 2. The van der Waals surface area contributed by atoms with Gasteiger partial charge in [-0.05, 0) is 62.2 Å². The zero-order chi connectivity index (χ0) is 18.4. The number of ether oxygens (including phenoxy) is 1. The van der Waals surface area contributed by atoms with E-state index in [1.807, 2.05) is 32.0 Å². The number of hydrogen-bond acceptors (Lipinski definition) is 4. The molecule has 0 bridgehead atoms. The predicted molar refractivity (Wildman–Crippen MR) is 92.8 cm³/mol. The molecule has 6 heteroatoms. The monoisotopic (exact) mass is 337 g/mol. The first kappa shape index (κ1) is 18.0. The molecule has 25 heavy (non-hydrogen) atoms. The van der Waals surface area contributed by atoms with Crippen molar-refractivity contribution in [3.63, 3.8) is 0 Å². The summed E-state index contributed by atoms with van der Waals surface area (Å²) >= 11 is 0. The van der Waals surface area contributed by atoms with Crippen molar-refractivity contribution in [2.75, 3.05) is 0 Å². The fourth-order valence-corrected chi connectivity index (χ4v) is 2.08. The van der Waals surface area contributed by atoms with Gasteiger partial charge < -0.3 is 4.74 Å². The lowest BCUT2D eigenvalue weighted by Gasteiger charge is -2.17. The van der Waals surface area contributed by atoms with E-state index in [0.717, 1.165) is 11.1 Å². The number of nitriles is 1. The second-order valence-corrected chi connectivity index (χ2v) is 5.59. The van der Waals surface area contributed by atoms with Gasteiger partial charge in [-0.3, -0.25) is 20.4 Å². The summed E-state index contributed by atoms with van der Waals surface area (Å²) in [5, 5.41) is 8.74. The van der Waals surface area contributed by atoms with Crippen molar-refractivity contribution in [1.29, 1.82) is 5.26 Å². The smallest absolute Gasteiger partial charge is 0.279 e. The van der Waals surface area contributed by atoms with Crippen molar-refractivity contribution < 1.29 is 14.3 Å². The third-order valence-corrected chi connectivity index (χ3v) is 3.80. The molecule has 0 unspecified atom stereocenters. The second kappa shape index (κ2) is 7.97. The number of rotatable bonds is 4. The van der Waals surface area contributed by atoms with E-state index in [1.165, 1.54) is 24.3 Å². The number of benzene rings is 2. The van der Waals surface area contributed by atoms with Crippen LogP contribution in [0.4, 0.5) is 0 Å². The lowest BCUT2D eigenvalue weighted by atomic mass is 10.1. The van der Waals surface area contributed by atoms with Crippen LogP contribution in [0.1, 0.15) is 34.0 Å². The van der Waals surface area contributed by atoms with Crippen LogP contribution in [0.5, 0.6) is 5.75 Å². The number of nitrogens with one attached hydrogen (secondary N) is 2. The maximum absolute atomic E-state index is 12.1. The molecule has 0 heterocycles. The van der Waals surface area contributed by atoms with Crippen LogP contribution in [0.2, 0.25) is 0 Å². The van der Waals surface area contributed by atoms with Crippen LogP contribution in [0.15, 0.2) is 42.5 Å². The molecule has 2 aromatic rings. The Balaban J connectivity index is 1.91. The first-order valence-corrected chi connectivity index (χ1v) is 7.75. The minimum absolute atomic E-state index is 0.336. The molecule has 0 radical (unpaired) electrons. The molecule has 2 N–H and O–H groups in total. The fourth-order valence-electron chi connectivity index (χ4n) is 2.08. The molecule has 0 saturated heterocycles. The summed E-state index contributed by atoms with van der Waals surface area (Å²) in [5.74, 6) is -0.319. The van der Waals surface area contributed by atoms with E-state index in [2.05, 4.69) is 10.9 Å². The third-order valence-electron chi connectivity index (χ3n) is 3.80. The molecule has 0 aliphatic carbocycles. The average Bonchev–Trinajstić information content (AvgIpc) is 2.63. The predicted octanol–water partition coefficient (Wildman–Crippen LogP) is 2.40. The zero-order valence-electron chi connectivity index (χ0n) is 14.3. The number of aryl methyl sites for hydroxylation is 1. The van der Waals surface area contributed by atoms with Crippen LogP contribution in [0.25, 0.3) is 0 Å². The minimum Gasteiger partial charge on any atom is -0.481 e. The average molecular weight is 337 g/mol. The fraction of sp³-hybridized carbons (Fsp3) is 0.211. The highest BCUT2D eigenvalue weighted by Gasteiger charge is 2.17. The van der Waals surface area contributed by atoms with E-state index in [0.29, 0.717) is 16.9 Å². The topological polar surface area (TPSA) is 91.2 Å². The summed E-state index contributed by atoms with van der Waals surface area (Å²) < 4.78 is 5.66. The molecular formula is C19H19N3O3. The Hall–Kier alpha value is -3.33. The molecule has 2 aromatic carbocycles. The normalized spacial score (nSPS) is 11.1. The van der Waals surface area contributed by atoms with E-state index >= 15 is 0 Å². The van der Waals surface area contributed by atoms with Gasteiger partial charge >= 0.3 is 0 Å². The molecule has 128 valence electrons. The lowest BCUT2D eigenvalue weighted by molar-refractivity contribution is -0.128. The largest absolute Gasteiger partial charge is 0.481 e. The summed E-state index contributed by atoms with van der Waals surface area (Å²) in [6.07, 6.45) is -0.776. The molecular weight excluding hydrogens is 318 g/mol. The maximum Gasteiger partial charge on any atom is 0.279 e. The molecule has 0 aromatic heterocycles. The SMILES string of the molecule is Cc1cccc(O[C@H](C)C(=O)NNC(=O)c2ccc(C#N)cc2)c1C. The molecule has 0 saturated carbocycles. The van der Waals surface area contributed by atoms with Crippen molar-refractivity contribution >= 4 is 11.8 Å². The third kappa shape index (κ3) is 4.58. The van der Waals surface area contributed by atoms with Crippen LogP contribution in [0.3, 0.4) is 0 Å². The van der Waals surface area contributed by atoms with E-state index < -0.39 is 17.9 Å². The van der Waals surface area contributed by atoms with Gasteiger partial charge in [0.05, 0.1) is 11.6 Å². The van der Waals surface area contributed by atoms with Crippen molar-refractivity contribution in [3.8, 4) is 11.8 Å². The number of carbonyl (C=O) groups is 2. The van der Waals surface area contributed by atoms with Crippen molar-refractivity contribution in [3.05, 3.63) is 64.7 Å². The molecule has 1 atom stereocenters. The van der Waals surface area contributed by atoms with Gasteiger partial charge in [-0.2, -0.15) is 5.26 Å². The minimum atomic E-state index is -0.776. The Morgan fingerprint density at radius 1 is 1.08 bits per heavy atom. The van der Waals surface area contributed by atoms with E-state index in [4.69, 9.17) is 10.00 Å². The molecule has 2 rings (SSSR count). The van der Waals surface area contributed by atoms with Gasteiger partial charge in [-0.15, -0.1) is 0 Å². The maximum atomic E-state index is 12.1. The van der Waals surface area contributed by atoms with Gasteiger partial charge in [0.1, 0.15) is 5.75 Å². The first-order valence-electron chi connectivity index (χ1n) is 7.75. The Kier molecular flexibility index (Phi) is 5.75. The number of hydrogen-bond donors (Lipinski definition) is 2. The van der Waals surface area contributed by atoms with Gasteiger partial charge in [0.15, 0.2) is 6.10 Å². The highest BCUT2D eigenvalue weighted by Crippen LogP contribution is 2.21. The summed E-state index contributed by atoms with van der Waals surface area (Å²) in [7, 11) is 0. The zero-order valence-corrected chi connectivity index (χ0v) is 14.3. The molecule has 0 fully saturated rings. The van der Waals surface area contributed by atoms with Crippen LogP contribution < -0.4 is 15.6 Å². The Bertz CT molecular complexity index is 823. The van der Waals surface area contributed by atoms with Crippen LogP contribution >= 0.6 is 0 Å². The van der Waals surface area contributed by atoms with Crippen molar-refractivity contribution in [2.45, 2.75) is 26.9 Å². The van der Waals surface area contributed by atoms with Gasteiger partial charge in [0, 0.05) is 5.56 Å². The molecule has 0 spiro atoms. The Morgan fingerprint density at radius 2 is 1.76 bits per heavy atom. The molecule has 0 aliphatic rings. The van der Waals surface area contributed by atoms with E-state index in [9.17, 15) is 9.59 Å². The van der Waals surface area contributed by atoms with Crippen LogP contribution in [-0.2, 0) is 4.79 Å². The molecule has 2 amide bonds. The Labute approximate surface area is 146 Å². The van der Waals surface area contributed by atoms with Crippen molar-refractivity contribution in [2.24, 2.45) is 0 Å². The number of nitrogens with zero attached hydrogens (tertiary/aromatic N) is 1. The second-order valence-electron chi connectivity index (χ2n) is 5.59. The van der Waals surface area contributed by atoms with Gasteiger partial charge in [-0.1, -0.05) is 12.1 Å². The Morgan fingerprint density at radius 3 is 2.40 bits per heavy atom. The summed E-state index contributed by atoms with van der Waals surface area (Å²) in [6, 6.07) is 13.7. The highest BCUT2D eigenvalue weighted by molar-refractivity contribution is 5.95. The van der Waals surface area contributed by atoms with E-state index in [1.54, 1.807) is 13.0 Å². The quantitative estimate of drug-likeness (QED) is 0.838. The standard InChI is InChI=1S/C19H19N3O3/c1-12-5-4-6-17(13(12)2)25-14(3)18(23)21-22-19(24)16-9-7-15(11-20)8-10-16/h4-10,14H,1-3H3,(H,21,23)(H,22,24)/t14-/m1/s1. The number of carbonyl (C=O) groups excluding carboxylic acids is 2. The lowest BCUT2D eigenvalue weighted by Crippen LogP contribution is -2.47. The van der Waals surface area contributed by atoms with Crippen LogP contribution in [-0.4, -0.2) is 17.9 Å². The van der Waals surface area contributed by atoms with Crippen LogP contribution in [0, 0.1) is 25.2 Å². The summed E-state index contributed by atoms with van der Waals surface area (Å²) in [4.78, 5) is 24.1. The van der Waals surface area contributed by atoms with Gasteiger partial charge in [0.25, 0.3) is 11.8 Å². The number of hydrazine groups is 1. The molecule has 0 aliphatic heterocycles.